The van der Waals surface area contributed by atoms with Crippen LogP contribution >= 0.6 is 22.7 Å². The molecule has 0 amide bonds. The third-order valence-corrected chi connectivity index (χ3v) is 6.45. The van der Waals surface area contributed by atoms with Crippen molar-refractivity contribution in [1.29, 1.82) is 0 Å². The van der Waals surface area contributed by atoms with E-state index in [1.807, 2.05) is 6.07 Å². The monoisotopic (exact) mass is 314 g/mol. The van der Waals surface area contributed by atoms with Crippen LogP contribution in [0.5, 0.6) is 0 Å². The normalized spacial score (nSPS) is 21.6. The van der Waals surface area contributed by atoms with Crippen molar-refractivity contribution in [2.45, 2.75) is 32.6 Å². The number of thiophene rings is 1. The molecule has 0 spiro atoms. The fourth-order valence-electron chi connectivity index (χ4n) is 3.50. The smallest absolute Gasteiger partial charge is 0.127 e. The SMILES string of the molecule is CC1Cc2sc(N)c(-c3nc4ccccc4s3)c2C(C)C1. The lowest BCUT2D eigenvalue weighted by molar-refractivity contribution is 0.456. The Morgan fingerprint density at radius 3 is 2.81 bits per heavy atom. The summed E-state index contributed by atoms with van der Waals surface area (Å²) < 4.78 is 1.24. The predicted molar refractivity (Wildman–Crippen MR) is 93.2 cm³/mol. The minimum Gasteiger partial charge on any atom is -0.390 e. The maximum Gasteiger partial charge on any atom is 0.127 e. The topological polar surface area (TPSA) is 38.9 Å². The number of hydrogen-bond donors (Lipinski definition) is 1. The largest absolute Gasteiger partial charge is 0.390 e. The number of thiazole rings is 1. The molecule has 0 bridgehead atoms. The maximum absolute atomic E-state index is 6.37. The number of nitrogens with two attached hydrogens (primary N) is 1. The molecular formula is C17H18N2S2. The molecule has 0 radical (unpaired) electrons. The first-order valence-corrected chi connectivity index (χ1v) is 9.03. The van der Waals surface area contributed by atoms with Gasteiger partial charge in [-0.25, -0.2) is 4.98 Å². The van der Waals surface area contributed by atoms with Crippen molar-refractivity contribution < 1.29 is 0 Å². The van der Waals surface area contributed by atoms with Crippen LogP contribution in [-0.4, -0.2) is 4.98 Å². The van der Waals surface area contributed by atoms with E-state index >= 15 is 0 Å². The molecule has 21 heavy (non-hydrogen) atoms. The summed E-state index contributed by atoms with van der Waals surface area (Å²) in [7, 11) is 0. The van der Waals surface area contributed by atoms with Crippen molar-refractivity contribution in [3.05, 3.63) is 34.7 Å². The summed E-state index contributed by atoms with van der Waals surface area (Å²) in [5, 5.41) is 2.03. The van der Waals surface area contributed by atoms with Gasteiger partial charge in [0.1, 0.15) is 5.01 Å². The quantitative estimate of drug-likeness (QED) is 0.662. The van der Waals surface area contributed by atoms with Crippen LogP contribution in [0, 0.1) is 5.92 Å². The molecule has 2 heterocycles. The Bertz CT molecular complexity index is 782. The summed E-state index contributed by atoms with van der Waals surface area (Å²) >= 11 is 3.53. The molecule has 0 saturated carbocycles. The second-order valence-corrected chi connectivity index (χ2v) is 8.28. The number of aromatic nitrogens is 1. The van der Waals surface area contributed by atoms with Gasteiger partial charge in [0, 0.05) is 10.4 Å². The zero-order chi connectivity index (χ0) is 14.6. The number of para-hydroxylation sites is 1. The van der Waals surface area contributed by atoms with Crippen LogP contribution in [0.25, 0.3) is 20.8 Å². The maximum atomic E-state index is 6.37. The van der Waals surface area contributed by atoms with E-state index in [-0.39, 0.29) is 0 Å². The molecule has 2 aromatic heterocycles. The molecule has 1 aliphatic carbocycles. The summed E-state index contributed by atoms with van der Waals surface area (Å²) in [6.45, 7) is 4.67. The second kappa shape index (κ2) is 4.82. The number of nitrogens with zero attached hydrogens (tertiary/aromatic N) is 1. The number of rotatable bonds is 1. The Morgan fingerprint density at radius 2 is 2.00 bits per heavy atom. The van der Waals surface area contributed by atoms with Crippen LogP contribution in [-0.2, 0) is 6.42 Å². The average Bonchev–Trinajstić information content (AvgIpc) is 2.98. The highest BCUT2D eigenvalue weighted by Crippen LogP contribution is 2.49. The number of fused-ring (bicyclic) bond motifs is 2. The first-order valence-electron chi connectivity index (χ1n) is 7.40. The Hall–Kier alpha value is -1.39. The fraction of sp³-hybridized carbons (Fsp3) is 0.353. The fourth-order valence-corrected chi connectivity index (χ4v) is 5.96. The van der Waals surface area contributed by atoms with E-state index in [1.54, 1.807) is 22.7 Å². The first kappa shape index (κ1) is 13.3. The first-order chi connectivity index (χ1) is 10.1. The lowest BCUT2D eigenvalue weighted by Crippen LogP contribution is -2.13. The van der Waals surface area contributed by atoms with Crippen LogP contribution in [0.15, 0.2) is 24.3 Å². The van der Waals surface area contributed by atoms with Gasteiger partial charge in [-0.3, -0.25) is 0 Å². The molecule has 0 fully saturated rings. The Balaban J connectivity index is 1.92. The van der Waals surface area contributed by atoms with Crippen molar-refractivity contribution in [1.82, 2.24) is 4.98 Å². The molecule has 2 nitrogen and oxygen atoms in total. The third kappa shape index (κ3) is 2.09. The van der Waals surface area contributed by atoms with E-state index in [0.29, 0.717) is 5.92 Å². The van der Waals surface area contributed by atoms with Crippen molar-refractivity contribution in [3.8, 4) is 10.6 Å². The Labute approximate surface area is 132 Å². The summed E-state index contributed by atoms with van der Waals surface area (Å²) in [4.78, 5) is 6.30. The van der Waals surface area contributed by atoms with Gasteiger partial charge in [0.25, 0.3) is 0 Å². The Kier molecular flexibility index (Phi) is 3.05. The zero-order valence-corrected chi connectivity index (χ0v) is 13.9. The van der Waals surface area contributed by atoms with Gasteiger partial charge in [-0.15, -0.1) is 22.7 Å². The van der Waals surface area contributed by atoms with Crippen molar-refractivity contribution >= 4 is 37.9 Å². The van der Waals surface area contributed by atoms with E-state index in [1.165, 1.54) is 33.5 Å². The van der Waals surface area contributed by atoms with E-state index in [9.17, 15) is 0 Å². The molecule has 4 rings (SSSR count). The molecule has 2 atom stereocenters. The van der Waals surface area contributed by atoms with Crippen molar-refractivity contribution in [3.63, 3.8) is 0 Å². The highest BCUT2D eigenvalue weighted by atomic mass is 32.1. The van der Waals surface area contributed by atoms with Gasteiger partial charge in [-0.2, -0.15) is 0 Å². The Morgan fingerprint density at radius 1 is 1.19 bits per heavy atom. The molecule has 108 valence electrons. The van der Waals surface area contributed by atoms with Gasteiger partial charge < -0.3 is 5.73 Å². The zero-order valence-electron chi connectivity index (χ0n) is 12.2. The highest BCUT2D eigenvalue weighted by Gasteiger charge is 2.29. The van der Waals surface area contributed by atoms with E-state index in [2.05, 4.69) is 32.0 Å². The van der Waals surface area contributed by atoms with Crippen LogP contribution in [0.3, 0.4) is 0 Å². The van der Waals surface area contributed by atoms with E-state index in [4.69, 9.17) is 10.7 Å². The van der Waals surface area contributed by atoms with Gasteiger partial charge in [-0.05, 0) is 42.4 Å². The van der Waals surface area contributed by atoms with Crippen molar-refractivity contribution in [2.75, 3.05) is 5.73 Å². The summed E-state index contributed by atoms with van der Waals surface area (Å²) in [6, 6.07) is 8.33. The predicted octanol–water partition coefficient (Wildman–Crippen LogP) is 5.29. The van der Waals surface area contributed by atoms with Crippen LogP contribution in [0.1, 0.15) is 36.6 Å². The molecule has 0 saturated heterocycles. The number of hydrogen-bond acceptors (Lipinski definition) is 4. The molecule has 1 aromatic carbocycles. The molecule has 3 aromatic rings. The van der Waals surface area contributed by atoms with Gasteiger partial charge >= 0.3 is 0 Å². The molecule has 1 aliphatic rings. The number of benzene rings is 1. The summed E-state index contributed by atoms with van der Waals surface area (Å²) in [6.07, 6.45) is 2.42. The van der Waals surface area contributed by atoms with Crippen LogP contribution < -0.4 is 5.73 Å². The second-order valence-electron chi connectivity index (χ2n) is 6.11. The summed E-state index contributed by atoms with van der Waals surface area (Å²) in [5.74, 6) is 1.34. The third-order valence-electron chi connectivity index (χ3n) is 4.34. The average molecular weight is 314 g/mol. The van der Waals surface area contributed by atoms with Gasteiger partial charge in [-0.1, -0.05) is 26.0 Å². The molecule has 4 heteroatoms. The van der Waals surface area contributed by atoms with E-state index in [0.717, 1.165) is 21.4 Å². The molecule has 2 N–H and O–H groups in total. The molecule has 0 aliphatic heterocycles. The lowest BCUT2D eigenvalue weighted by Gasteiger charge is -2.25. The number of anilines is 1. The summed E-state index contributed by atoms with van der Waals surface area (Å²) in [5.41, 5.74) is 10.1. The van der Waals surface area contributed by atoms with Gasteiger partial charge in [0.2, 0.25) is 0 Å². The molecular weight excluding hydrogens is 296 g/mol. The standard InChI is InChI=1S/C17H18N2S2/c1-9-7-10(2)14-13(8-9)20-16(18)15(14)17-19-11-5-3-4-6-12(11)21-17/h3-6,9-10H,7-8,18H2,1-2H3. The van der Waals surface area contributed by atoms with E-state index < -0.39 is 0 Å². The van der Waals surface area contributed by atoms with Crippen LogP contribution in [0.2, 0.25) is 0 Å². The van der Waals surface area contributed by atoms with Crippen LogP contribution in [0.4, 0.5) is 5.00 Å². The minimum absolute atomic E-state index is 0.583. The minimum atomic E-state index is 0.583. The highest BCUT2D eigenvalue weighted by molar-refractivity contribution is 7.22. The number of nitrogen functional groups attached to an aromatic ring is 1. The van der Waals surface area contributed by atoms with Crippen molar-refractivity contribution in [2.24, 2.45) is 5.92 Å². The molecule has 2 unspecified atom stereocenters. The van der Waals surface area contributed by atoms with Gasteiger partial charge in [0.05, 0.1) is 15.2 Å². The lowest BCUT2D eigenvalue weighted by atomic mass is 9.81. The van der Waals surface area contributed by atoms with Gasteiger partial charge in [0.15, 0.2) is 0 Å².